The first-order chi connectivity index (χ1) is 18.9. The molecular weight excluding hydrogens is 552 g/mol. The van der Waals surface area contributed by atoms with Crippen LogP contribution in [0.1, 0.15) is 51.6 Å². The van der Waals surface area contributed by atoms with Crippen LogP contribution in [0.25, 0.3) is 0 Å². The molecule has 220 valence electrons. The maximum Gasteiger partial charge on any atom is 0.331 e. The van der Waals surface area contributed by atoms with E-state index in [1.54, 1.807) is 20.8 Å². The number of ether oxygens (including phenoxy) is 3. The van der Waals surface area contributed by atoms with Crippen molar-refractivity contribution in [2.45, 2.75) is 69.1 Å². The fourth-order valence-corrected chi connectivity index (χ4v) is 5.49. The van der Waals surface area contributed by atoms with E-state index in [1.807, 2.05) is 5.32 Å². The van der Waals surface area contributed by atoms with Crippen molar-refractivity contribution in [3.05, 3.63) is 29.6 Å². The van der Waals surface area contributed by atoms with Gasteiger partial charge in [0.05, 0.1) is 13.2 Å². The second kappa shape index (κ2) is 12.5. The molecule has 4 unspecified atom stereocenters. The van der Waals surface area contributed by atoms with Crippen LogP contribution in [0.15, 0.2) is 18.2 Å². The van der Waals surface area contributed by atoms with Crippen LogP contribution in [0.4, 0.5) is 13.6 Å². The summed E-state index contributed by atoms with van der Waals surface area (Å²) in [4.78, 5) is 52.6. The van der Waals surface area contributed by atoms with E-state index in [-0.39, 0.29) is 43.5 Å². The number of rotatable bonds is 9. The molecule has 3 aliphatic heterocycles. The van der Waals surface area contributed by atoms with Crippen molar-refractivity contribution in [2.24, 2.45) is 5.92 Å². The zero-order valence-corrected chi connectivity index (χ0v) is 23.3. The summed E-state index contributed by atoms with van der Waals surface area (Å²) >= 11 is -2.00. The molecule has 3 aliphatic rings. The molecular formula is C26H33F2N3O8S. The van der Waals surface area contributed by atoms with Crippen LogP contribution < -0.4 is 14.8 Å². The highest BCUT2D eigenvalue weighted by Gasteiger charge is 2.51. The van der Waals surface area contributed by atoms with Crippen molar-refractivity contribution in [3.8, 4) is 5.75 Å². The van der Waals surface area contributed by atoms with Gasteiger partial charge in [-0.2, -0.15) is 0 Å². The summed E-state index contributed by atoms with van der Waals surface area (Å²) in [6.45, 7) is 6.09. The molecule has 4 amide bonds. The molecule has 0 aliphatic carbocycles. The highest BCUT2D eigenvalue weighted by molar-refractivity contribution is 7.90. The standard InChI is InChI=1S/C26H33F2N3O8S/c1-26(2,3)40(36)30-21(17-12-15(4-5-18(17)27)39-16-8-11-38-13-16)20(28)22(32)19-23(33)29-25(35)31(24(19)34)14-6-9-37-10-7-14/h4-5,12,14,16,19-21,30H,6-11,13H2,1-3H3,(H,29,33,35)/t16-,19?,20?,21?,40?/m0/s1. The van der Waals surface area contributed by atoms with Crippen molar-refractivity contribution in [3.63, 3.8) is 0 Å². The molecule has 1 aromatic carbocycles. The Morgan fingerprint density at radius 1 is 1.18 bits per heavy atom. The average Bonchev–Trinajstić information content (AvgIpc) is 3.41. The maximum absolute atomic E-state index is 16.2. The highest BCUT2D eigenvalue weighted by Crippen LogP contribution is 2.32. The molecule has 0 spiro atoms. The van der Waals surface area contributed by atoms with E-state index in [4.69, 9.17) is 14.2 Å². The van der Waals surface area contributed by atoms with Crippen molar-refractivity contribution in [2.75, 3.05) is 26.4 Å². The Morgan fingerprint density at radius 3 is 2.48 bits per heavy atom. The largest absolute Gasteiger partial charge is 0.598 e. The van der Waals surface area contributed by atoms with Gasteiger partial charge in [0.15, 0.2) is 17.9 Å². The number of alkyl halides is 1. The van der Waals surface area contributed by atoms with Crippen molar-refractivity contribution < 1.29 is 46.7 Å². The van der Waals surface area contributed by atoms with Crippen LogP contribution in [0.3, 0.4) is 0 Å². The molecule has 5 atom stereocenters. The molecule has 3 fully saturated rings. The molecule has 0 saturated carbocycles. The first kappa shape index (κ1) is 30.3. The summed E-state index contributed by atoms with van der Waals surface area (Å²) < 4.78 is 62.2. The number of hydrogen-bond donors (Lipinski definition) is 2. The number of urea groups is 1. The smallest absolute Gasteiger partial charge is 0.331 e. The predicted molar refractivity (Wildman–Crippen MR) is 138 cm³/mol. The number of benzene rings is 1. The number of hydrogen-bond acceptors (Lipinski definition) is 9. The van der Waals surface area contributed by atoms with E-state index in [0.29, 0.717) is 19.6 Å². The third-order valence-electron chi connectivity index (χ3n) is 6.88. The fourth-order valence-electron chi connectivity index (χ4n) is 4.66. The molecule has 4 rings (SSSR count). The number of carbonyl (C=O) groups excluding carboxylic acids is 4. The topological polar surface area (TPSA) is 146 Å². The summed E-state index contributed by atoms with van der Waals surface area (Å²) in [6.07, 6.45) is -1.85. The zero-order chi connectivity index (χ0) is 29.2. The Hall–Kier alpha value is -2.65. The van der Waals surface area contributed by atoms with Crippen LogP contribution in [-0.2, 0) is 35.2 Å². The zero-order valence-electron chi connectivity index (χ0n) is 22.4. The molecule has 0 radical (unpaired) electrons. The van der Waals surface area contributed by atoms with Crippen LogP contribution in [-0.4, -0.2) is 82.6 Å². The Balaban J connectivity index is 1.65. The van der Waals surface area contributed by atoms with E-state index >= 15 is 8.78 Å². The number of halogens is 2. The van der Waals surface area contributed by atoms with E-state index in [2.05, 4.69) is 4.72 Å². The summed E-state index contributed by atoms with van der Waals surface area (Å²) in [5.41, 5.74) is -0.379. The van der Waals surface area contributed by atoms with E-state index in [1.165, 1.54) is 12.1 Å². The monoisotopic (exact) mass is 585 g/mol. The van der Waals surface area contributed by atoms with Gasteiger partial charge in [0.2, 0.25) is 5.91 Å². The number of nitrogens with one attached hydrogen (secondary N) is 2. The van der Waals surface area contributed by atoms with E-state index in [0.717, 1.165) is 11.0 Å². The van der Waals surface area contributed by atoms with Gasteiger partial charge >= 0.3 is 6.03 Å². The summed E-state index contributed by atoms with van der Waals surface area (Å²) in [5, 5.41) is 1.96. The molecule has 0 aromatic heterocycles. The normalized spacial score (nSPS) is 24.9. The number of Topliss-reactive ketones (excluding diaryl/α,β-unsaturated/α-hetero) is 1. The number of amides is 4. The molecule has 11 nitrogen and oxygen atoms in total. The Bertz CT molecular complexity index is 1140. The predicted octanol–water partition coefficient (Wildman–Crippen LogP) is 1.87. The van der Waals surface area contributed by atoms with E-state index in [9.17, 15) is 23.7 Å². The fraction of sp³-hybridized carbons (Fsp3) is 0.615. The number of carbonyl (C=O) groups is 4. The highest BCUT2D eigenvalue weighted by atomic mass is 32.2. The van der Waals surface area contributed by atoms with E-state index < -0.39 is 69.7 Å². The first-order valence-corrected chi connectivity index (χ1v) is 14.2. The van der Waals surface area contributed by atoms with Crippen LogP contribution in [0.2, 0.25) is 0 Å². The summed E-state index contributed by atoms with van der Waals surface area (Å²) in [7, 11) is 0. The summed E-state index contributed by atoms with van der Waals surface area (Å²) in [5.74, 6) is -6.88. The minimum absolute atomic E-state index is 0.169. The van der Waals surface area contributed by atoms with Gasteiger partial charge in [-0.05, 0) is 51.8 Å². The molecule has 14 heteroatoms. The quantitative estimate of drug-likeness (QED) is 0.328. The minimum atomic E-state index is -2.70. The number of imide groups is 2. The molecule has 0 bridgehead atoms. The SMILES string of the molecule is CC(C)(C)[S+]([O-])NC(c1cc(O[C@H]2CCOC2)ccc1F)C(F)C(=O)C1C(=O)NC(=O)N(C2CCOCC2)C1=O. The van der Waals surface area contributed by atoms with Crippen LogP contribution >= 0.6 is 0 Å². The number of nitrogens with zero attached hydrogens (tertiary/aromatic N) is 1. The van der Waals surface area contributed by atoms with Crippen molar-refractivity contribution >= 4 is 35.0 Å². The molecule has 2 N–H and O–H groups in total. The van der Waals surface area contributed by atoms with Crippen LogP contribution in [0.5, 0.6) is 5.75 Å². The Kier molecular flexibility index (Phi) is 9.45. The third kappa shape index (κ3) is 6.62. The second-order valence-electron chi connectivity index (χ2n) is 10.8. The minimum Gasteiger partial charge on any atom is -0.598 e. The summed E-state index contributed by atoms with van der Waals surface area (Å²) in [6, 6.07) is 0.0415. The Labute approximate surface area is 233 Å². The van der Waals surface area contributed by atoms with Gasteiger partial charge in [0, 0.05) is 42.6 Å². The number of barbiturate groups is 1. The number of ketones is 1. The van der Waals surface area contributed by atoms with Gasteiger partial charge in [0.1, 0.15) is 28.5 Å². The molecule has 1 aromatic rings. The maximum atomic E-state index is 16.2. The van der Waals surface area contributed by atoms with Crippen LogP contribution in [0, 0.1) is 11.7 Å². The lowest BCUT2D eigenvalue weighted by molar-refractivity contribution is -0.151. The van der Waals surface area contributed by atoms with Crippen molar-refractivity contribution in [1.82, 2.24) is 14.9 Å². The van der Waals surface area contributed by atoms with Gasteiger partial charge in [-0.25, -0.2) is 13.6 Å². The molecule has 3 heterocycles. The Morgan fingerprint density at radius 2 is 1.85 bits per heavy atom. The average molecular weight is 586 g/mol. The lowest BCUT2D eigenvalue weighted by Gasteiger charge is -2.37. The second-order valence-corrected chi connectivity index (χ2v) is 12.8. The molecule has 3 saturated heterocycles. The van der Waals surface area contributed by atoms with Gasteiger partial charge in [0.25, 0.3) is 5.91 Å². The lowest BCUT2D eigenvalue weighted by Crippen LogP contribution is -2.64. The third-order valence-corrected chi connectivity index (χ3v) is 8.46. The van der Waals surface area contributed by atoms with Crippen molar-refractivity contribution in [1.29, 1.82) is 0 Å². The first-order valence-electron chi connectivity index (χ1n) is 13.0. The van der Waals surface area contributed by atoms with Gasteiger partial charge < -0.3 is 18.8 Å². The van der Waals surface area contributed by atoms with Gasteiger partial charge in [-0.15, -0.1) is 4.72 Å². The van der Waals surface area contributed by atoms with Gasteiger partial charge in [-0.1, -0.05) is 0 Å². The lowest BCUT2D eigenvalue weighted by atomic mass is 9.89. The van der Waals surface area contributed by atoms with Gasteiger partial charge in [-0.3, -0.25) is 24.6 Å². The molecule has 40 heavy (non-hydrogen) atoms.